The van der Waals surface area contributed by atoms with Gasteiger partial charge in [-0.3, -0.25) is 19.9 Å². The van der Waals surface area contributed by atoms with E-state index in [9.17, 15) is 4.79 Å². The molecule has 2 aromatic rings. The number of nitrogens with two attached hydrogens (primary N) is 2. The number of aldehydes is 1. The molecule has 1 heterocycles. The first-order valence-corrected chi connectivity index (χ1v) is 13.9. The maximum Gasteiger partial charge on any atom is 0.124 e. The van der Waals surface area contributed by atoms with Crippen LogP contribution in [0.4, 0.5) is 5.69 Å². The monoisotopic (exact) mass is 607 g/mol. The number of nitrogens with one attached hydrogen (secondary N) is 1. The van der Waals surface area contributed by atoms with Crippen molar-refractivity contribution in [3.63, 3.8) is 0 Å². The summed E-state index contributed by atoms with van der Waals surface area (Å²) in [5.41, 5.74) is 9.45. The fraction of sp³-hybridized carbons (Fsp3) is 0.303. The van der Waals surface area contributed by atoms with Gasteiger partial charge in [-0.25, -0.2) is 5.84 Å². The van der Waals surface area contributed by atoms with Crippen molar-refractivity contribution in [2.24, 2.45) is 16.6 Å². The number of anilines is 1. The zero-order valence-electron chi connectivity index (χ0n) is 25.9. The number of pyridine rings is 1. The van der Waals surface area contributed by atoms with Gasteiger partial charge < -0.3 is 31.2 Å². The van der Waals surface area contributed by atoms with Gasteiger partial charge in [-0.05, 0) is 56.6 Å². The standard InChI is InChI=1S/C24H30N6O.C5H13NO3.C4H6/c1-3-4-7-22(27-2)18-29(19-23-8-5-6-14-28-23)16-21(25)17-30(26)24-11-9-20(10-12-24)13-15-31;1-6-5(2-7,3-8)4-9;1-3-4-2/h3-12,14-15,17H,2,13,16,18-19,25-26H2,1H3;6-9H,2-4H2,1H3;3-4H,1-2H2/b4-3-,21-17-,22-7-;;. The van der Waals surface area contributed by atoms with E-state index in [0.717, 1.165) is 28.9 Å². The molecule has 0 saturated carbocycles. The molecule has 0 saturated heterocycles. The average molecular weight is 608 g/mol. The molecule has 11 heteroatoms. The number of carbonyl (C=O) groups is 1. The van der Waals surface area contributed by atoms with Gasteiger partial charge in [0.05, 0.1) is 42.4 Å². The third-order valence-electron chi connectivity index (χ3n) is 6.05. The van der Waals surface area contributed by atoms with Gasteiger partial charge in [0.1, 0.15) is 6.29 Å². The van der Waals surface area contributed by atoms with E-state index in [2.05, 4.69) is 40.1 Å². The molecule has 0 radical (unpaired) electrons. The van der Waals surface area contributed by atoms with Crippen LogP contribution in [0.3, 0.4) is 0 Å². The van der Waals surface area contributed by atoms with Gasteiger partial charge in [-0.15, -0.1) is 0 Å². The summed E-state index contributed by atoms with van der Waals surface area (Å²) >= 11 is 0. The van der Waals surface area contributed by atoms with Crippen LogP contribution in [0.1, 0.15) is 18.2 Å². The van der Waals surface area contributed by atoms with Crippen LogP contribution in [-0.2, 0) is 17.8 Å². The fourth-order valence-electron chi connectivity index (χ4n) is 3.32. The first kappa shape index (κ1) is 39.8. The maximum atomic E-state index is 10.6. The normalized spacial score (nSPS) is 11.6. The highest BCUT2D eigenvalue weighted by atomic mass is 16.3. The number of aromatic nitrogens is 1. The number of carbonyl (C=O) groups excluding carboxylic acids is 1. The smallest absolute Gasteiger partial charge is 0.124 e. The van der Waals surface area contributed by atoms with E-state index in [1.165, 1.54) is 5.01 Å². The predicted molar refractivity (Wildman–Crippen MR) is 181 cm³/mol. The molecule has 0 atom stereocenters. The van der Waals surface area contributed by atoms with Crippen LogP contribution in [0.2, 0.25) is 0 Å². The van der Waals surface area contributed by atoms with E-state index in [4.69, 9.17) is 26.9 Å². The Bertz CT molecular complexity index is 1150. The summed E-state index contributed by atoms with van der Waals surface area (Å²) in [5, 5.41) is 29.9. The summed E-state index contributed by atoms with van der Waals surface area (Å²) < 4.78 is 0. The molecule has 8 N–H and O–H groups in total. The molecule has 0 aliphatic rings. The van der Waals surface area contributed by atoms with Crippen molar-refractivity contribution in [2.45, 2.75) is 25.4 Å². The average Bonchev–Trinajstić information content (AvgIpc) is 3.05. The lowest BCUT2D eigenvalue weighted by atomic mass is 10.1. The molecule has 11 nitrogen and oxygen atoms in total. The minimum Gasteiger partial charge on any atom is -0.400 e. The molecule has 240 valence electrons. The molecular weight excluding hydrogens is 558 g/mol. The first-order chi connectivity index (χ1) is 21.2. The second-order valence-corrected chi connectivity index (χ2v) is 9.43. The second-order valence-electron chi connectivity index (χ2n) is 9.43. The summed E-state index contributed by atoms with van der Waals surface area (Å²) in [6, 6.07) is 13.3. The van der Waals surface area contributed by atoms with Crippen LogP contribution < -0.4 is 21.9 Å². The minimum atomic E-state index is -0.917. The Balaban J connectivity index is 0.00000119. The molecule has 44 heavy (non-hydrogen) atoms. The van der Waals surface area contributed by atoms with Crippen molar-refractivity contribution in [1.82, 2.24) is 15.2 Å². The van der Waals surface area contributed by atoms with Crippen molar-refractivity contribution in [1.29, 1.82) is 0 Å². The minimum absolute atomic E-state index is 0.267. The number of hydrazine groups is 1. The Morgan fingerprint density at radius 2 is 1.70 bits per heavy atom. The van der Waals surface area contributed by atoms with Crippen molar-refractivity contribution < 1.29 is 20.1 Å². The Labute approximate surface area is 261 Å². The summed E-state index contributed by atoms with van der Waals surface area (Å²) in [5.74, 6) is 6.17. The highest BCUT2D eigenvalue weighted by Crippen LogP contribution is 2.14. The second kappa shape index (κ2) is 24.2. The third kappa shape index (κ3) is 16.4. The van der Waals surface area contributed by atoms with Crippen LogP contribution in [0.25, 0.3) is 0 Å². The van der Waals surface area contributed by atoms with Gasteiger partial charge in [0.2, 0.25) is 0 Å². The number of aliphatic imine (C=N–C) groups is 1. The number of hydrogen-bond donors (Lipinski definition) is 6. The quantitative estimate of drug-likeness (QED) is 0.0515. The zero-order chi connectivity index (χ0) is 33.2. The van der Waals surface area contributed by atoms with Crippen molar-refractivity contribution in [3.8, 4) is 0 Å². The number of hydrogen-bond acceptors (Lipinski definition) is 11. The van der Waals surface area contributed by atoms with E-state index in [-0.39, 0.29) is 19.8 Å². The molecule has 0 fully saturated rings. The summed E-state index contributed by atoms with van der Waals surface area (Å²) in [6.45, 7) is 13.2. The van der Waals surface area contributed by atoms with Crippen LogP contribution in [0.5, 0.6) is 0 Å². The number of benzene rings is 1. The molecule has 0 aliphatic heterocycles. The molecule has 0 unspecified atom stereocenters. The Morgan fingerprint density at radius 1 is 1.07 bits per heavy atom. The fourth-order valence-corrected chi connectivity index (χ4v) is 3.32. The lowest BCUT2D eigenvalue weighted by Gasteiger charge is -2.26. The van der Waals surface area contributed by atoms with Crippen molar-refractivity contribution in [2.75, 3.05) is 45.0 Å². The van der Waals surface area contributed by atoms with Gasteiger partial charge in [0, 0.05) is 44.1 Å². The molecule has 1 aromatic carbocycles. The highest BCUT2D eigenvalue weighted by molar-refractivity contribution is 5.57. The predicted octanol–water partition coefficient (Wildman–Crippen LogP) is 2.25. The number of nitrogens with zero attached hydrogens (tertiary/aromatic N) is 4. The molecule has 1 aromatic heterocycles. The van der Waals surface area contributed by atoms with Gasteiger partial charge in [-0.2, -0.15) is 0 Å². The number of rotatable bonds is 17. The van der Waals surface area contributed by atoms with Gasteiger partial charge >= 0.3 is 0 Å². The van der Waals surface area contributed by atoms with Crippen molar-refractivity contribution in [3.05, 3.63) is 121 Å². The van der Waals surface area contributed by atoms with E-state index >= 15 is 0 Å². The lowest BCUT2D eigenvalue weighted by Crippen LogP contribution is -2.52. The van der Waals surface area contributed by atoms with E-state index in [0.29, 0.717) is 31.8 Å². The molecular formula is C33H49N7O4. The van der Waals surface area contributed by atoms with Crippen LogP contribution in [0.15, 0.2) is 115 Å². The Morgan fingerprint density at radius 3 is 2.14 bits per heavy atom. The molecule has 0 amide bonds. The Hall–Kier alpha value is -4.23. The van der Waals surface area contributed by atoms with Crippen LogP contribution in [-0.4, -0.2) is 83.7 Å². The summed E-state index contributed by atoms with van der Waals surface area (Å²) in [4.78, 5) is 21.3. The number of allylic oxidation sites excluding steroid dienone is 5. The summed E-state index contributed by atoms with van der Waals surface area (Å²) in [7, 11) is 1.57. The highest BCUT2D eigenvalue weighted by Gasteiger charge is 2.24. The van der Waals surface area contributed by atoms with Crippen LogP contribution in [0, 0.1) is 0 Å². The summed E-state index contributed by atoms with van der Waals surface area (Å²) in [6.07, 6.45) is 13.8. The van der Waals surface area contributed by atoms with Crippen LogP contribution >= 0.6 is 0 Å². The number of likely N-dealkylation sites (N-methyl/N-ethyl adjacent to an activating group) is 1. The van der Waals surface area contributed by atoms with E-state index in [1.54, 1.807) is 31.6 Å². The molecule has 0 spiro atoms. The SMILES string of the molecule is C=CC=C.C=N/C(=C\C=C/C)CN(C/C(N)=C/N(N)c1ccc(CC=O)cc1)Cc1ccccn1.CNC(CO)(CO)CO. The Kier molecular flexibility index (Phi) is 21.9. The molecule has 0 bridgehead atoms. The van der Waals surface area contributed by atoms with Gasteiger partial charge in [0.25, 0.3) is 0 Å². The zero-order valence-corrected chi connectivity index (χ0v) is 25.9. The maximum absolute atomic E-state index is 10.6. The van der Waals surface area contributed by atoms with Crippen molar-refractivity contribution >= 4 is 18.7 Å². The molecule has 2 rings (SSSR count). The largest absolute Gasteiger partial charge is 0.400 e. The lowest BCUT2D eigenvalue weighted by molar-refractivity contribution is -0.107. The number of aliphatic hydroxyl groups is 3. The van der Waals surface area contributed by atoms with E-state index < -0.39 is 5.54 Å². The number of aliphatic hydroxyl groups excluding tert-OH is 3. The topological polar surface area (TPSA) is 174 Å². The molecule has 0 aliphatic carbocycles. The first-order valence-electron chi connectivity index (χ1n) is 13.9. The van der Waals surface area contributed by atoms with E-state index in [1.807, 2.05) is 67.6 Å². The van der Waals surface area contributed by atoms with Gasteiger partial charge in [0.15, 0.2) is 0 Å². The van der Waals surface area contributed by atoms with Gasteiger partial charge in [-0.1, -0.05) is 55.7 Å². The third-order valence-corrected chi connectivity index (χ3v) is 6.05.